The van der Waals surface area contributed by atoms with E-state index in [1.807, 2.05) is 60.4 Å². The first-order valence-electron chi connectivity index (χ1n) is 10.9. The monoisotopic (exact) mass is 450 g/mol. The normalized spacial score (nSPS) is 16.2. The summed E-state index contributed by atoms with van der Waals surface area (Å²) in [6.07, 6.45) is 2.45. The predicted octanol–water partition coefficient (Wildman–Crippen LogP) is 5.14. The van der Waals surface area contributed by atoms with Crippen LogP contribution in [0.2, 0.25) is 5.02 Å². The number of ether oxygens (including phenoxy) is 1. The van der Waals surface area contributed by atoms with E-state index in [1.54, 1.807) is 0 Å². The lowest BCUT2D eigenvalue weighted by atomic mass is 10.1. The summed E-state index contributed by atoms with van der Waals surface area (Å²) < 4.78 is 5.91. The molecule has 1 aromatic heterocycles. The first-order chi connectivity index (χ1) is 15.4. The molecule has 1 fully saturated rings. The molecule has 7 heteroatoms. The molecule has 0 radical (unpaired) electrons. The Morgan fingerprint density at radius 3 is 2.62 bits per heavy atom. The molecular formula is C25H27ClN4O2. The Morgan fingerprint density at radius 2 is 1.91 bits per heavy atom. The van der Waals surface area contributed by atoms with Gasteiger partial charge in [-0.2, -0.15) is 0 Å². The van der Waals surface area contributed by atoms with Gasteiger partial charge in [-0.05, 0) is 55.7 Å². The summed E-state index contributed by atoms with van der Waals surface area (Å²) in [5.41, 5.74) is 3.01. The summed E-state index contributed by atoms with van der Waals surface area (Å²) in [7, 11) is 0. The van der Waals surface area contributed by atoms with E-state index in [4.69, 9.17) is 16.3 Å². The van der Waals surface area contributed by atoms with E-state index in [1.165, 1.54) is 11.9 Å². The van der Waals surface area contributed by atoms with Crippen LogP contribution in [-0.2, 0) is 6.42 Å². The average molecular weight is 451 g/mol. The molecule has 6 nitrogen and oxygen atoms in total. The lowest BCUT2D eigenvalue weighted by Crippen LogP contribution is -2.54. The number of anilines is 1. The zero-order valence-corrected chi connectivity index (χ0v) is 19.3. The van der Waals surface area contributed by atoms with Gasteiger partial charge in [-0.1, -0.05) is 36.7 Å². The van der Waals surface area contributed by atoms with Gasteiger partial charge in [-0.15, -0.1) is 0 Å². The molecule has 32 heavy (non-hydrogen) atoms. The van der Waals surface area contributed by atoms with Crippen molar-refractivity contribution in [3.8, 4) is 11.6 Å². The Morgan fingerprint density at radius 1 is 1.12 bits per heavy atom. The largest absolute Gasteiger partial charge is 0.437 e. The molecule has 1 saturated heterocycles. The molecule has 3 aromatic rings. The average Bonchev–Trinajstić information content (AvgIpc) is 2.81. The van der Waals surface area contributed by atoms with Crippen LogP contribution in [0, 0.1) is 6.92 Å². The van der Waals surface area contributed by atoms with E-state index in [0.29, 0.717) is 36.3 Å². The van der Waals surface area contributed by atoms with Crippen molar-refractivity contribution in [2.24, 2.45) is 0 Å². The standard InChI is InChI=1S/C25H27ClN4O2/c1-4-19-6-8-20(9-7-19)25(31)30-12-11-29(15-18(30)3)23-14-24(28-16-27-23)32-22-13-17(2)5-10-21(22)26/h5-10,13-14,16,18H,4,11-12,15H2,1-3H3. The minimum absolute atomic E-state index is 0.0488. The number of piperazine rings is 1. The van der Waals surface area contributed by atoms with Crippen LogP contribution in [0.5, 0.6) is 11.6 Å². The Labute approximate surface area is 193 Å². The minimum Gasteiger partial charge on any atom is -0.437 e. The van der Waals surface area contributed by atoms with Crippen molar-refractivity contribution in [2.75, 3.05) is 24.5 Å². The predicted molar refractivity (Wildman–Crippen MR) is 127 cm³/mol. The lowest BCUT2D eigenvalue weighted by molar-refractivity contribution is 0.0673. The SMILES string of the molecule is CCc1ccc(C(=O)N2CCN(c3cc(Oc4cc(C)ccc4Cl)ncn3)CC2C)cc1. The fourth-order valence-electron chi connectivity index (χ4n) is 3.88. The van der Waals surface area contributed by atoms with Gasteiger partial charge >= 0.3 is 0 Å². The van der Waals surface area contributed by atoms with E-state index >= 15 is 0 Å². The molecule has 1 aliphatic heterocycles. The number of hydrogen-bond donors (Lipinski definition) is 0. The smallest absolute Gasteiger partial charge is 0.254 e. The maximum atomic E-state index is 13.0. The van der Waals surface area contributed by atoms with Crippen LogP contribution in [0.1, 0.15) is 35.3 Å². The minimum atomic E-state index is 0.0488. The van der Waals surface area contributed by atoms with Crippen molar-refractivity contribution in [3.05, 3.63) is 76.6 Å². The highest BCUT2D eigenvalue weighted by molar-refractivity contribution is 6.32. The van der Waals surface area contributed by atoms with Gasteiger partial charge in [0, 0.05) is 37.3 Å². The van der Waals surface area contributed by atoms with Crippen molar-refractivity contribution in [1.82, 2.24) is 14.9 Å². The summed E-state index contributed by atoms with van der Waals surface area (Å²) in [5.74, 6) is 1.84. The Bertz CT molecular complexity index is 1100. The molecule has 0 aliphatic carbocycles. The van der Waals surface area contributed by atoms with Gasteiger partial charge < -0.3 is 14.5 Å². The van der Waals surface area contributed by atoms with Crippen molar-refractivity contribution in [2.45, 2.75) is 33.2 Å². The maximum Gasteiger partial charge on any atom is 0.254 e. The molecule has 1 atom stereocenters. The number of aryl methyl sites for hydroxylation is 2. The van der Waals surface area contributed by atoms with Gasteiger partial charge in [0.2, 0.25) is 5.88 Å². The Balaban J connectivity index is 1.44. The highest BCUT2D eigenvalue weighted by atomic mass is 35.5. The third kappa shape index (κ3) is 4.86. The second kappa shape index (κ2) is 9.57. The van der Waals surface area contributed by atoms with E-state index in [0.717, 1.165) is 23.4 Å². The third-order valence-corrected chi connectivity index (χ3v) is 6.06. The molecule has 0 spiro atoms. The third-order valence-electron chi connectivity index (χ3n) is 5.75. The Kier molecular flexibility index (Phi) is 6.61. The quantitative estimate of drug-likeness (QED) is 0.538. The molecule has 2 aromatic carbocycles. The molecule has 4 rings (SSSR count). The topological polar surface area (TPSA) is 58.6 Å². The van der Waals surface area contributed by atoms with Crippen LogP contribution >= 0.6 is 11.6 Å². The maximum absolute atomic E-state index is 13.0. The van der Waals surface area contributed by atoms with Gasteiger partial charge in [0.25, 0.3) is 5.91 Å². The van der Waals surface area contributed by atoms with Crippen LogP contribution in [0.15, 0.2) is 54.9 Å². The van der Waals surface area contributed by atoms with Gasteiger partial charge in [-0.3, -0.25) is 4.79 Å². The van der Waals surface area contributed by atoms with E-state index in [9.17, 15) is 4.79 Å². The lowest BCUT2D eigenvalue weighted by Gasteiger charge is -2.40. The van der Waals surface area contributed by atoms with Crippen molar-refractivity contribution < 1.29 is 9.53 Å². The number of aromatic nitrogens is 2. The van der Waals surface area contributed by atoms with Crippen LogP contribution in [0.25, 0.3) is 0 Å². The number of nitrogens with zero attached hydrogens (tertiary/aromatic N) is 4. The van der Waals surface area contributed by atoms with Crippen molar-refractivity contribution in [3.63, 3.8) is 0 Å². The molecule has 0 saturated carbocycles. The number of hydrogen-bond acceptors (Lipinski definition) is 5. The highest BCUT2D eigenvalue weighted by Gasteiger charge is 2.29. The molecule has 1 amide bonds. The number of carbonyl (C=O) groups excluding carboxylic acids is 1. The number of rotatable bonds is 5. The molecule has 0 bridgehead atoms. The van der Waals surface area contributed by atoms with Crippen molar-refractivity contribution >= 4 is 23.3 Å². The molecule has 166 valence electrons. The Hall–Kier alpha value is -3.12. The van der Waals surface area contributed by atoms with Gasteiger partial charge in [-0.25, -0.2) is 9.97 Å². The fraction of sp³-hybridized carbons (Fsp3) is 0.320. The number of halogens is 1. The zero-order valence-electron chi connectivity index (χ0n) is 18.6. The van der Waals surface area contributed by atoms with Gasteiger partial charge in [0.1, 0.15) is 17.9 Å². The van der Waals surface area contributed by atoms with Crippen LogP contribution in [0.3, 0.4) is 0 Å². The highest BCUT2D eigenvalue weighted by Crippen LogP contribution is 2.30. The van der Waals surface area contributed by atoms with Crippen molar-refractivity contribution in [1.29, 1.82) is 0 Å². The number of carbonyl (C=O) groups is 1. The van der Waals surface area contributed by atoms with Crippen LogP contribution in [-0.4, -0.2) is 46.5 Å². The van der Waals surface area contributed by atoms with E-state index < -0.39 is 0 Å². The van der Waals surface area contributed by atoms with Gasteiger partial charge in [0.05, 0.1) is 5.02 Å². The first kappa shape index (κ1) is 22.1. The zero-order chi connectivity index (χ0) is 22.7. The summed E-state index contributed by atoms with van der Waals surface area (Å²) in [6.45, 7) is 8.15. The molecule has 0 N–H and O–H groups in total. The van der Waals surface area contributed by atoms with Gasteiger partial charge in [0.15, 0.2) is 0 Å². The second-order valence-electron chi connectivity index (χ2n) is 8.09. The summed E-state index contributed by atoms with van der Waals surface area (Å²) in [6, 6.07) is 15.4. The van der Waals surface area contributed by atoms with Crippen LogP contribution in [0.4, 0.5) is 5.82 Å². The molecule has 1 aliphatic rings. The van der Waals surface area contributed by atoms with E-state index in [2.05, 4.69) is 28.7 Å². The molecular weight excluding hydrogens is 424 g/mol. The second-order valence-corrected chi connectivity index (χ2v) is 8.50. The number of amides is 1. The fourth-order valence-corrected chi connectivity index (χ4v) is 4.03. The molecule has 2 heterocycles. The molecule has 1 unspecified atom stereocenters. The van der Waals surface area contributed by atoms with Crippen LogP contribution < -0.4 is 9.64 Å². The summed E-state index contributed by atoms with van der Waals surface area (Å²) in [5, 5.41) is 0.531. The summed E-state index contributed by atoms with van der Waals surface area (Å²) >= 11 is 6.25. The van der Waals surface area contributed by atoms with E-state index in [-0.39, 0.29) is 11.9 Å². The first-order valence-corrected chi connectivity index (χ1v) is 11.2. The number of benzene rings is 2. The summed E-state index contributed by atoms with van der Waals surface area (Å²) in [4.78, 5) is 25.8.